The van der Waals surface area contributed by atoms with Gasteiger partial charge in [0, 0.05) is 12.0 Å². The number of benzene rings is 2. The molecule has 0 N–H and O–H groups in total. The molecular formula is C23H28O3. The van der Waals surface area contributed by atoms with Crippen LogP contribution < -0.4 is 9.47 Å². The van der Waals surface area contributed by atoms with Crippen molar-refractivity contribution in [3.63, 3.8) is 0 Å². The van der Waals surface area contributed by atoms with E-state index < -0.39 is 0 Å². The second kappa shape index (κ2) is 8.41. The standard InChI is InChI=1S/C23H28O3/c1-18-11-12-23(16-18,13-14-26-17-19-7-5-4-6-8-19)20-9-10-21(24-2)22(15-20)25-3/h4-10,15-16H,11-14,17H2,1-3H3/t23-/m1/s1. The molecule has 1 aliphatic rings. The lowest BCUT2D eigenvalue weighted by atomic mass is 9.77. The van der Waals surface area contributed by atoms with Gasteiger partial charge in [-0.15, -0.1) is 0 Å². The van der Waals surface area contributed by atoms with Gasteiger partial charge < -0.3 is 14.2 Å². The third-order valence-electron chi connectivity index (χ3n) is 5.25. The van der Waals surface area contributed by atoms with Crippen LogP contribution in [0, 0.1) is 0 Å². The maximum absolute atomic E-state index is 5.98. The molecule has 3 rings (SSSR count). The Kier molecular flexibility index (Phi) is 6.00. The molecule has 0 fully saturated rings. The number of ether oxygens (including phenoxy) is 3. The number of rotatable bonds is 8. The molecule has 0 spiro atoms. The molecule has 3 heteroatoms. The lowest BCUT2D eigenvalue weighted by Gasteiger charge is -2.29. The lowest BCUT2D eigenvalue weighted by molar-refractivity contribution is 0.106. The quantitative estimate of drug-likeness (QED) is 0.477. The van der Waals surface area contributed by atoms with Gasteiger partial charge in [0.15, 0.2) is 11.5 Å². The van der Waals surface area contributed by atoms with E-state index in [2.05, 4.69) is 37.3 Å². The first kappa shape index (κ1) is 18.5. The monoisotopic (exact) mass is 352 g/mol. The minimum atomic E-state index is 0.0142. The van der Waals surface area contributed by atoms with Crippen LogP contribution in [0.15, 0.2) is 60.2 Å². The van der Waals surface area contributed by atoms with E-state index in [1.807, 2.05) is 24.3 Å². The lowest BCUT2D eigenvalue weighted by Crippen LogP contribution is -2.23. The summed E-state index contributed by atoms with van der Waals surface area (Å²) in [5.41, 5.74) is 3.95. The van der Waals surface area contributed by atoms with Crippen LogP contribution >= 0.6 is 0 Å². The molecule has 138 valence electrons. The van der Waals surface area contributed by atoms with E-state index in [9.17, 15) is 0 Å². The van der Waals surface area contributed by atoms with Gasteiger partial charge in [0.25, 0.3) is 0 Å². The van der Waals surface area contributed by atoms with E-state index in [1.54, 1.807) is 14.2 Å². The fourth-order valence-electron chi connectivity index (χ4n) is 3.77. The molecule has 0 saturated heterocycles. The van der Waals surface area contributed by atoms with Crippen LogP contribution in [0.4, 0.5) is 0 Å². The van der Waals surface area contributed by atoms with Crippen LogP contribution in [0.2, 0.25) is 0 Å². The van der Waals surface area contributed by atoms with Crippen molar-refractivity contribution in [2.24, 2.45) is 0 Å². The van der Waals surface area contributed by atoms with E-state index in [0.29, 0.717) is 6.61 Å². The fraction of sp³-hybridized carbons (Fsp3) is 0.391. The summed E-state index contributed by atoms with van der Waals surface area (Å²) in [6.45, 7) is 3.60. The average molecular weight is 352 g/mol. The topological polar surface area (TPSA) is 27.7 Å². The van der Waals surface area contributed by atoms with Gasteiger partial charge in [-0.05, 0) is 49.4 Å². The highest BCUT2D eigenvalue weighted by atomic mass is 16.5. The fourth-order valence-corrected chi connectivity index (χ4v) is 3.77. The summed E-state index contributed by atoms with van der Waals surface area (Å²) in [5.74, 6) is 1.55. The van der Waals surface area contributed by atoms with E-state index in [-0.39, 0.29) is 5.41 Å². The summed E-state index contributed by atoms with van der Waals surface area (Å²) in [7, 11) is 3.36. The average Bonchev–Trinajstić information content (AvgIpc) is 3.07. The van der Waals surface area contributed by atoms with Crippen LogP contribution in [-0.2, 0) is 16.8 Å². The molecule has 1 aliphatic carbocycles. The Labute approximate surface area is 156 Å². The Morgan fingerprint density at radius 3 is 2.38 bits per heavy atom. The molecule has 0 unspecified atom stereocenters. The maximum atomic E-state index is 5.98. The molecule has 0 bridgehead atoms. The zero-order valence-electron chi connectivity index (χ0n) is 16.0. The Hall–Kier alpha value is -2.26. The number of methoxy groups -OCH3 is 2. The first-order chi connectivity index (χ1) is 12.7. The molecule has 26 heavy (non-hydrogen) atoms. The van der Waals surface area contributed by atoms with Gasteiger partial charge in [0.2, 0.25) is 0 Å². The summed E-state index contributed by atoms with van der Waals surface area (Å²) >= 11 is 0. The zero-order chi connectivity index (χ0) is 18.4. The predicted molar refractivity (Wildman–Crippen MR) is 105 cm³/mol. The molecule has 0 radical (unpaired) electrons. The van der Waals surface area contributed by atoms with Gasteiger partial charge in [-0.2, -0.15) is 0 Å². The highest BCUT2D eigenvalue weighted by Crippen LogP contribution is 2.44. The highest BCUT2D eigenvalue weighted by Gasteiger charge is 2.34. The summed E-state index contributed by atoms with van der Waals surface area (Å²) < 4.78 is 16.9. The van der Waals surface area contributed by atoms with E-state index in [4.69, 9.17) is 14.2 Å². The molecule has 0 amide bonds. The van der Waals surface area contributed by atoms with Gasteiger partial charge in [-0.1, -0.05) is 48.0 Å². The number of allylic oxidation sites excluding steroid dienone is 2. The number of hydrogen-bond donors (Lipinski definition) is 0. The SMILES string of the molecule is COc1ccc([C@]2(CCOCc3ccccc3)C=C(C)CC2)cc1OC. The minimum Gasteiger partial charge on any atom is -0.493 e. The zero-order valence-corrected chi connectivity index (χ0v) is 16.0. The molecule has 3 nitrogen and oxygen atoms in total. The van der Waals surface area contributed by atoms with Crippen LogP contribution in [0.3, 0.4) is 0 Å². The summed E-state index contributed by atoms with van der Waals surface area (Å²) in [6, 6.07) is 16.6. The molecule has 0 aliphatic heterocycles. The van der Waals surface area contributed by atoms with Crippen LogP contribution in [0.25, 0.3) is 0 Å². The minimum absolute atomic E-state index is 0.0142. The van der Waals surface area contributed by atoms with Crippen molar-refractivity contribution >= 4 is 0 Å². The summed E-state index contributed by atoms with van der Waals surface area (Å²) in [5, 5.41) is 0. The van der Waals surface area contributed by atoms with E-state index in [1.165, 1.54) is 16.7 Å². The Morgan fingerprint density at radius 1 is 0.962 bits per heavy atom. The Morgan fingerprint density at radius 2 is 1.73 bits per heavy atom. The second-order valence-electron chi connectivity index (χ2n) is 7.00. The highest BCUT2D eigenvalue weighted by molar-refractivity contribution is 5.47. The normalized spacial score (nSPS) is 19.3. The van der Waals surface area contributed by atoms with Crippen molar-refractivity contribution in [2.45, 2.75) is 38.2 Å². The Balaban J connectivity index is 1.73. The first-order valence-electron chi connectivity index (χ1n) is 9.19. The third-order valence-corrected chi connectivity index (χ3v) is 5.25. The van der Waals surface area contributed by atoms with Crippen molar-refractivity contribution in [1.29, 1.82) is 0 Å². The molecule has 0 heterocycles. The molecule has 0 aromatic heterocycles. The first-order valence-corrected chi connectivity index (χ1v) is 9.19. The summed E-state index contributed by atoms with van der Waals surface area (Å²) in [6.07, 6.45) is 5.63. The third kappa shape index (κ3) is 4.10. The van der Waals surface area contributed by atoms with Crippen LogP contribution in [0.5, 0.6) is 11.5 Å². The van der Waals surface area contributed by atoms with Crippen molar-refractivity contribution in [3.8, 4) is 11.5 Å². The largest absolute Gasteiger partial charge is 0.493 e. The van der Waals surface area contributed by atoms with Crippen LogP contribution in [-0.4, -0.2) is 20.8 Å². The molecule has 2 aromatic carbocycles. The summed E-state index contributed by atoms with van der Waals surface area (Å²) in [4.78, 5) is 0. The van der Waals surface area contributed by atoms with Crippen molar-refractivity contribution in [2.75, 3.05) is 20.8 Å². The molecule has 2 aromatic rings. The molecule has 0 saturated carbocycles. The van der Waals surface area contributed by atoms with Gasteiger partial charge in [-0.25, -0.2) is 0 Å². The van der Waals surface area contributed by atoms with Crippen LogP contribution in [0.1, 0.15) is 37.3 Å². The van der Waals surface area contributed by atoms with E-state index >= 15 is 0 Å². The van der Waals surface area contributed by atoms with Gasteiger partial charge in [-0.3, -0.25) is 0 Å². The molecular weight excluding hydrogens is 324 g/mol. The Bertz CT molecular complexity index is 751. The molecule has 1 atom stereocenters. The smallest absolute Gasteiger partial charge is 0.161 e. The number of hydrogen-bond acceptors (Lipinski definition) is 3. The van der Waals surface area contributed by atoms with Crippen molar-refractivity contribution < 1.29 is 14.2 Å². The maximum Gasteiger partial charge on any atom is 0.161 e. The van der Waals surface area contributed by atoms with Crippen molar-refractivity contribution in [1.82, 2.24) is 0 Å². The second-order valence-corrected chi connectivity index (χ2v) is 7.00. The predicted octanol–water partition coefficient (Wildman–Crippen LogP) is 5.29. The van der Waals surface area contributed by atoms with E-state index in [0.717, 1.165) is 37.4 Å². The van der Waals surface area contributed by atoms with Gasteiger partial charge >= 0.3 is 0 Å². The van der Waals surface area contributed by atoms with Gasteiger partial charge in [0.1, 0.15) is 0 Å². The van der Waals surface area contributed by atoms with Crippen molar-refractivity contribution in [3.05, 3.63) is 71.3 Å². The van der Waals surface area contributed by atoms with Gasteiger partial charge in [0.05, 0.1) is 20.8 Å².